The highest BCUT2D eigenvalue weighted by Gasteiger charge is 2.33. The Labute approximate surface area is 124 Å². The third-order valence-corrected chi connectivity index (χ3v) is 3.82. The molecule has 0 saturated carbocycles. The zero-order valence-electron chi connectivity index (χ0n) is 10.5. The lowest BCUT2D eigenvalue weighted by Gasteiger charge is -2.10. The van der Waals surface area contributed by atoms with E-state index < -0.39 is 12.5 Å². The number of aliphatic carboxylic acids is 1. The first-order chi connectivity index (χ1) is 9.47. The number of allylic oxidation sites excluding steroid dienone is 2. The number of carboxylic acids is 1. The first kappa shape index (κ1) is 14.5. The van der Waals surface area contributed by atoms with Crippen molar-refractivity contribution < 1.29 is 19.1 Å². The molecule has 0 aliphatic carbocycles. The zero-order valence-corrected chi connectivity index (χ0v) is 12.2. The van der Waals surface area contributed by atoms with Gasteiger partial charge in [-0.3, -0.25) is 14.5 Å². The van der Waals surface area contributed by atoms with E-state index in [0.717, 1.165) is 22.2 Å². The summed E-state index contributed by atoms with van der Waals surface area (Å²) in [5, 5.41) is 8.74. The molecule has 1 aromatic rings. The van der Waals surface area contributed by atoms with Gasteiger partial charge in [0.05, 0.1) is 11.2 Å². The summed E-state index contributed by atoms with van der Waals surface area (Å²) in [6.45, 7) is 1.41. The summed E-state index contributed by atoms with van der Waals surface area (Å²) in [4.78, 5) is 24.2. The van der Waals surface area contributed by atoms with Gasteiger partial charge in [0, 0.05) is 0 Å². The summed E-state index contributed by atoms with van der Waals surface area (Å²) in [5.74, 6) is -0.792. The monoisotopic (exact) mass is 309 g/mol. The van der Waals surface area contributed by atoms with E-state index in [4.69, 9.17) is 21.7 Å². The van der Waals surface area contributed by atoms with Gasteiger partial charge in [-0.25, -0.2) is 0 Å². The van der Waals surface area contributed by atoms with Crippen LogP contribution in [0.25, 0.3) is 6.08 Å². The van der Waals surface area contributed by atoms with Crippen LogP contribution in [0.2, 0.25) is 0 Å². The number of carboxylic acid groups (broad SMARTS) is 1. The van der Waals surface area contributed by atoms with E-state index in [2.05, 4.69) is 0 Å². The highest BCUT2D eigenvalue weighted by Crippen LogP contribution is 2.31. The molecule has 2 heterocycles. The van der Waals surface area contributed by atoms with Crippen molar-refractivity contribution in [2.24, 2.45) is 0 Å². The molecule has 0 aromatic carbocycles. The molecule has 0 bridgehead atoms. The molecule has 1 N–H and O–H groups in total. The van der Waals surface area contributed by atoms with Gasteiger partial charge in [-0.05, 0) is 36.8 Å². The molecule has 1 aliphatic rings. The summed E-state index contributed by atoms with van der Waals surface area (Å²) in [7, 11) is 0. The number of thioether (sulfide) groups is 1. The lowest BCUT2D eigenvalue weighted by molar-refractivity contribution is -0.140. The van der Waals surface area contributed by atoms with Crippen LogP contribution in [0.15, 0.2) is 39.4 Å². The van der Waals surface area contributed by atoms with Crippen molar-refractivity contribution in [3.05, 3.63) is 40.7 Å². The quantitative estimate of drug-likeness (QED) is 0.681. The van der Waals surface area contributed by atoms with Crippen molar-refractivity contribution in [3.63, 3.8) is 0 Å². The summed E-state index contributed by atoms with van der Waals surface area (Å²) in [6.07, 6.45) is 5.01. The van der Waals surface area contributed by atoms with Crippen LogP contribution < -0.4 is 0 Å². The third-order valence-electron chi connectivity index (χ3n) is 2.44. The Kier molecular flexibility index (Phi) is 4.41. The average Bonchev–Trinajstić information content (AvgIpc) is 2.93. The summed E-state index contributed by atoms with van der Waals surface area (Å²) in [5.41, 5.74) is 0.816. The van der Waals surface area contributed by atoms with Gasteiger partial charge >= 0.3 is 5.97 Å². The van der Waals surface area contributed by atoms with Crippen LogP contribution in [0.5, 0.6) is 0 Å². The van der Waals surface area contributed by atoms with Crippen molar-refractivity contribution in [3.8, 4) is 0 Å². The first-order valence-electron chi connectivity index (χ1n) is 5.66. The van der Waals surface area contributed by atoms with Gasteiger partial charge in [0.2, 0.25) is 0 Å². The summed E-state index contributed by atoms with van der Waals surface area (Å²) >= 11 is 6.11. The van der Waals surface area contributed by atoms with Crippen LogP contribution in [0.4, 0.5) is 0 Å². The Morgan fingerprint density at radius 3 is 2.95 bits per heavy atom. The van der Waals surface area contributed by atoms with Crippen molar-refractivity contribution in [1.82, 2.24) is 4.90 Å². The van der Waals surface area contributed by atoms with E-state index in [0.29, 0.717) is 10.7 Å². The maximum Gasteiger partial charge on any atom is 0.323 e. The molecule has 1 fully saturated rings. The molecule has 1 aromatic heterocycles. The number of nitrogens with zero attached hydrogens (tertiary/aromatic N) is 1. The Morgan fingerprint density at radius 1 is 1.60 bits per heavy atom. The number of carbonyl (C=O) groups excluding carboxylic acids is 1. The van der Waals surface area contributed by atoms with Crippen LogP contribution in [0, 0.1) is 0 Å². The number of carbonyl (C=O) groups is 2. The van der Waals surface area contributed by atoms with Gasteiger partial charge in [-0.15, -0.1) is 0 Å². The van der Waals surface area contributed by atoms with E-state index >= 15 is 0 Å². The predicted molar refractivity (Wildman–Crippen MR) is 80.0 cm³/mol. The van der Waals surface area contributed by atoms with E-state index in [9.17, 15) is 9.59 Å². The average molecular weight is 309 g/mol. The molecule has 2 rings (SSSR count). The fourth-order valence-corrected chi connectivity index (χ4v) is 2.92. The lowest BCUT2D eigenvalue weighted by atomic mass is 10.2. The second kappa shape index (κ2) is 6.06. The zero-order chi connectivity index (χ0) is 14.7. The third kappa shape index (κ3) is 3.37. The van der Waals surface area contributed by atoms with Crippen molar-refractivity contribution in [1.29, 1.82) is 0 Å². The number of amides is 1. The van der Waals surface area contributed by atoms with Crippen LogP contribution in [-0.2, 0) is 9.59 Å². The minimum Gasteiger partial charge on any atom is -0.480 e. The molecule has 1 amide bonds. The maximum absolute atomic E-state index is 12.0. The molecular formula is C13H11NO4S2. The molecule has 0 radical (unpaired) electrons. The van der Waals surface area contributed by atoms with E-state index in [1.54, 1.807) is 30.5 Å². The van der Waals surface area contributed by atoms with Crippen LogP contribution in [0.1, 0.15) is 12.7 Å². The van der Waals surface area contributed by atoms with Crippen LogP contribution in [0.3, 0.4) is 0 Å². The molecule has 1 aliphatic heterocycles. The van der Waals surface area contributed by atoms with Crippen molar-refractivity contribution >= 4 is 46.3 Å². The lowest BCUT2D eigenvalue weighted by Crippen LogP contribution is -2.33. The van der Waals surface area contributed by atoms with Gasteiger partial charge in [0.25, 0.3) is 5.91 Å². The van der Waals surface area contributed by atoms with Crippen LogP contribution in [-0.4, -0.2) is 32.7 Å². The molecular weight excluding hydrogens is 298 g/mol. The molecule has 20 heavy (non-hydrogen) atoms. The van der Waals surface area contributed by atoms with Gasteiger partial charge in [0.15, 0.2) is 0 Å². The Morgan fingerprint density at radius 2 is 2.35 bits per heavy atom. The number of hydrogen-bond acceptors (Lipinski definition) is 5. The van der Waals surface area contributed by atoms with Gasteiger partial charge in [-0.2, -0.15) is 0 Å². The first-order valence-corrected chi connectivity index (χ1v) is 6.89. The van der Waals surface area contributed by atoms with Crippen LogP contribution >= 0.6 is 24.0 Å². The number of hydrogen-bond donors (Lipinski definition) is 1. The highest BCUT2D eigenvalue weighted by molar-refractivity contribution is 8.26. The van der Waals surface area contributed by atoms with E-state index in [1.165, 1.54) is 0 Å². The Balaban J connectivity index is 2.17. The Bertz CT molecular complexity index is 616. The second-order valence-corrected chi connectivity index (χ2v) is 5.74. The number of rotatable bonds is 4. The fraction of sp³-hybridized carbons (Fsp3) is 0.154. The summed E-state index contributed by atoms with van der Waals surface area (Å²) in [6, 6.07) is 3.57. The Hall–Kier alpha value is -1.86. The van der Waals surface area contributed by atoms with E-state index in [1.807, 2.05) is 6.92 Å². The minimum atomic E-state index is -1.09. The van der Waals surface area contributed by atoms with Crippen molar-refractivity contribution in [2.75, 3.05) is 6.54 Å². The van der Waals surface area contributed by atoms with Gasteiger partial charge < -0.3 is 9.52 Å². The standard InChI is InChI=1S/C13H11NO4S2/c1-8(5-9-3-2-4-18-9)6-10-12(17)14(7-11(15)16)13(19)20-10/h2-6H,7H2,1H3,(H,15,16)/b8-5+,10-6+. The normalized spacial score (nSPS) is 18.1. The maximum atomic E-state index is 12.0. The molecule has 5 nitrogen and oxygen atoms in total. The van der Waals surface area contributed by atoms with Gasteiger partial charge in [-0.1, -0.05) is 24.0 Å². The fourth-order valence-electron chi connectivity index (χ4n) is 1.62. The predicted octanol–water partition coefficient (Wildman–Crippen LogP) is 2.51. The largest absolute Gasteiger partial charge is 0.480 e. The molecule has 7 heteroatoms. The second-order valence-electron chi connectivity index (χ2n) is 4.07. The van der Waals surface area contributed by atoms with Gasteiger partial charge in [0.1, 0.15) is 16.6 Å². The van der Waals surface area contributed by atoms with E-state index in [-0.39, 0.29) is 10.2 Å². The molecule has 0 unspecified atom stereocenters. The number of thiocarbonyl (C=S) groups is 1. The van der Waals surface area contributed by atoms with Crippen molar-refractivity contribution in [2.45, 2.75) is 6.92 Å². The smallest absolute Gasteiger partial charge is 0.323 e. The molecule has 0 atom stereocenters. The number of furan rings is 1. The SMILES string of the molecule is CC(=C\c1ccco1)/C=C1/SC(=S)N(CC(=O)O)C1=O. The summed E-state index contributed by atoms with van der Waals surface area (Å²) < 4.78 is 5.44. The highest BCUT2D eigenvalue weighted by atomic mass is 32.2. The molecule has 1 saturated heterocycles. The molecule has 0 spiro atoms. The minimum absolute atomic E-state index is 0.259. The molecule has 104 valence electrons. The topological polar surface area (TPSA) is 70.8 Å².